The number of carbonyl (C=O) groups is 3. The van der Waals surface area contributed by atoms with E-state index in [0.717, 1.165) is 31.6 Å². The van der Waals surface area contributed by atoms with Gasteiger partial charge in [0.15, 0.2) is 0 Å². The van der Waals surface area contributed by atoms with Crippen LogP contribution in [-0.4, -0.2) is 38.1 Å². The predicted octanol–water partition coefficient (Wildman–Crippen LogP) is 5.11. The van der Waals surface area contributed by atoms with Crippen LogP contribution in [0, 0.1) is 5.82 Å². The van der Waals surface area contributed by atoms with Crippen LogP contribution >= 0.6 is 0 Å². The second-order valence-electron chi connectivity index (χ2n) is 8.04. The van der Waals surface area contributed by atoms with Crippen LogP contribution in [0.3, 0.4) is 0 Å². The van der Waals surface area contributed by atoms with Crippen molar-refractivity contribution in [3.8, 4) is 0 Å². The molecule has 0 aliphatic carbocycles. The molecular weight excluding hydrogens is 451 g/mol. The van der Waals surface area contributed by atoms with E-state index in [9.17, 15) is 18.8 Å². The third-order valence-corrected chi connectivity index (χ3v) is 5.62. The van der Waals surface area contributed by atoms with Crippen molar-refractivity contribution in [3.05, 3.63) is 83.7 Å². The Balaban J connectivity index is 1.50. The number of nitrogens with zero attached hydrogens (tertiary/aromatic N) is 1. The van der Waals surface area contributed by atoms with Gasteiger partial charge < -0.3 is 25.6 Å². The molecule has 1 saturated heterocycles. The number of carbonyl (C=O) groups excluding carboxylic acids is 3. The van der Waals surface area contributed by atoms with Crippen LogP contribution < -0.4 is 20.9 Å². The minimum atomic E-state index is -0.474. The largest absolute Gasteiger partial charge is 0.465 e. The highest BCUT2D eigenvalue weighted by Gasteiger charge is 2.18. The number of amides is 3. The number of esters is 1. The van der Waals surface area contributed by atoms with E-state index in [2.05, 4.69) is 25.6 Å². The Labute approximate surface area is 202 Å². The van der Waals surface area contributed by atoms with Crippen molar-refractivity contribution in [1.82, 2.24) is 0 Å². The predicted molar refractivity (Wildman–Crippen MR) is 133 cm³/mol. The Morgan fingerprint density at radius 2 is 1.43 bits per heavy atom. The first-order chi connectivity index (χ1) is 16.9. The first-order valence-corrected chi connectivity index (χ1v) is 11.2. The van der Waals surface area contributed by atoms with E-state index in [1.54, 1.807) is 36.4 Å². The maximum absolute atomic E-state index is 13.2. The summed E-state index contributed by atoms with van der Waals surface area (Å²) in [6.45, 7) is 1.74. The summed E-state index contributed by atoms with van der Waals surface area (Å²) in [5.74, 6) is -1.27. The second-order valence-corrected chi connectivity index (χ2v) is 8.04. The minimum Gasteiger partial charge on any atom is -0.465 e. The maximum atomic E-state index is 13.2. The van der Waals surface area contributed by atoms with Gasteiger partial charge >= 0.3 is 12.0 Å². The summed E-state index contributed by atoms with van der Waals surface area (Å²) in [6, 6.07) is 16.4. The zero-order chi connectivity index (χ0) is 24.8. The fourth-order valence-electron chi connectivity index (χ4n) is 3.84. The molecule has 35 heavy (non-hydrogen) atoms. The Bertz CT molecular complexity index is 1220. The molecule has 8 nitrogen and oxygen atoms in total. The van der Waals surface area contributed by atoms with Crippen molar-refractivity contribution < 1.29 is 23.5 Å². The summed E-state index contributed by atoms with van der Waals surface area (Å²) in [5.41, 5.74) is 3.06. The van der Waals surface area contributed by atoms with Gasteiger partial charge in [-0.25, -0.2) is 14.0 Å². The summed E-state index contributed by atoms with van der Waals surface area (Å²) >= 11 is 0. The number of rotatable bonds is 6. The zero-order valence-electron chi connectivity index (χ0n) is 19.1. The molecule has 180 valence electrons. The number of hydrogen-bond donors (Lipinski definition) is 3. The molecule has 0 unspecified atom stereocenters. The minimum absolute atomic E-state index is 0.317. The summed E-state index contributed by atoms with van der Waals surface area (Å²) in [4.78, 5) is 39.1. The monoisotopic (exact) mass is 476 g/mol. The number of nitrogens with one attached hydrogen (secondary N) is 3. The van der Waals surface area contributed by atoms with Crippen LogP contribution in [0.15, 0.2) is 66.7 Å². The SMILES string of the molecule is COC(=O)c1ccc(NC(=O)Nc2cc(NC(=O)c3ccc(F)cc3)ccc2N2CCCC2)cc1. The first-order valence-electron chi connectivity index (χ1n) is 11.2. The van der Waals surface area contributed by atoms with E-state index in [0.29, 0.717) is 28.2 Å². The van der Waals surface area contributed by atoms with E-state index >= 15 is 0 Å². The van der Waals surface area contributed by atoms with Crippen molar-refractivity contribution in [2.24, 2.45) is 0 Å². The summed E-state index contributed by atoms with van der Waals surface area (Å²) in [5, 5.41) is 8.39. The van der Waals surface area contributed by atoms with E-state index in [1.807, 2.05) is 6.07 Å². The van der Waals surface area contributed by atoms with Crippen LogP contribution in [-0.2, 0) is 4.74 Å². The van der Waals surface area contributed by atoms with Gasteiger partial charge in [-0.1, -0.05) is 0 Å². The van der Waals surface area contributed by atoms with E-state index in [4.69, 9.17) is 0 Å². The molecule has 9 heteroatoms. The highest BCUT2D eigenvalue weighted by atomic mass is 19.1. The van der Waals surface area contributed by atoms with Crippen LogP contribution in [0.25, 0.3) is 0 Å². The molecule has 0 radical (unpaired) electrons. The maximum Gasteiger partial charge on any atom is 0.337 e. The van der Waals surface area contributed by atoms with Gasteiger partial charge in [-0.3, -0.25) is 4.79 Å². The molecular formula is C26H25FN4O4. The third kappa shape index (κ3) is 5.94. The molecule has 0 saturated carbocycles. The summed E-state index contributed by atoms with van der Waals surface area (Å²) in [6.07, 6.45) is 2.11. The van der Waals surface area contributed by atoms with Crippen molar-refractivity contribution >= 4 is 40.7 Å². The number of benzene rings is 3. The molecule has 3 N–H and O–H groups in total. The summed E-state index contributed by atoms with van der Waals surface area (Å²) in [7, 11) is 1.30. The molecule has 0 spiro atoms. The number of halogens is 1. The molecule has 1 heterocycles. The number of anilines is 4. The topological polar surface area (TPSA) is 99.8 Å². The fraction of sp³-hybridized carbons (Fsp3) is 0.192. The van der Waals surface area contributed by atoms with Gasteiger partial charge in [0.1, 0.15) is 5.82 Å². The quantitative estimate of drug-likeness (QED) is 0.430. The average molecular weight is 477 g/mol. The average Bonchev–Trinajstić information content (AvgIpc) is 3.39. The van der Waals surface area contributed by atoms with Gasteiger partial charge in [-0.2, -0.15) is 0 Å². The standard InChI is InChI=1S/C26H25FN4O4/c1-35-25(33)18-6-10-20(11-7-18)29-26(34)30-22-16-21(12-13-23(22)31-14-2-3-15-31)28-24(32)17-4-8-19(27)9-5-17/h4-13,16H,2-3,14-15H2,1H3,(H,28,32)(H2,29,30,34). The number of ether oxygens (including phenoxy) is 1. The van der Waals surface area contributed by atoms with Gasteiger partial charge in [0.2, 0.25) is 0 Å². The van der Waals surface area contributed by atoms with Gasteiger partial charge in [-0.05, 0) is 79.6 Å². The molecule has 3 amide bonds. The van der Waals surface area contributed by atoms with Gasteiger partial charge in [0.05, 0.1) is 24.0 Å². The number of hydrogen-bond acceptors (Lipinski definition) is 5. The normalized spacial score (nSPS) is 12.7. The van der Waals surface area contributed by atoms with Crippen molar-refractivity contribution in [1.29, 1.82) is 0 Å². The van der Waals surface area contributed by atoms with Gasteiger partial charge in [0.25, 0.3) is 5.91 Å². The lowest BCUT2D eigenvalue weighted by atomic mass is 10.2. The van der Waals surface area contributed by atoms with Gasteiger partial charge in [-0.15, -0.1) is 0 Å². The Morgan fingerprint density at radius 1 is 0.800 bits per heavy atom. The van der Waals surface area contributed by atoms with Crippen molar-refractivity contribution in [3.63, 3.8) is 0 Å². The molecule has 0 aromatic heterocycles. The molecule has 3 aromatic rings. The van der Waals surface area contributed by atoms with E-state index in [1.165, 1.54) is 31.4 Å². The third-order valence-electron chi connectivity index (χ3n) is 5.62. The molecule has 0 atom stereocenters. The molecule has 1 fully saturated rings. The Hall–Kier alpha value is -4.40. The molecule has 0 bridgehead atoms. The lowest BCUT2D eigenvalue weighted by Gasteiger charge is -2.22. The molecule has 1 aliphatic rings. The smallest absolute Gasteiger partial charge is 0.337 e. The second kappa shape index (κ2) is 10.7. The number of methoxy groups -OCH3 is 1. The van der Waals surface area contributed by atoms with Crippen LogP contribution in [0.2, 0.25) is 0 Å². The Kier molecular flexibility index (Phi) is 7.25. The summed E-state index contributed by atoms with van der Waals surface area (Å²) < 4.78 is 17.8. The van der Waals surface area contributed by atoms with Crippen molar-refractivity contribution in [2.45, 2.75) is 12.8 Å². The van der Waals surface area contributed by atoms with Crippen LogP contribution in [0.4, 0.5) is 31.9 Å². The highest BCUT2D eigenvalue weighted by molar-refractivity contribution is 6.06. The fourth-order valence-corrected chi connectivity index (χ4v) is 3.84. The highest BCUT2D eigenvalue weighted by Crippen LogP contribution is 2.32. The lowest BCUT2D eigenvalue weighted by Crippen LogP contribution is -2.24. The van der Waals surface area contributed by atoms with Crippen LogP contribution in [0.1, 0.15) is 33.6 Å². The van der Waals surface area contributed by atoms with Gasteiger partial charge in [0, 0.05) is 30.0 Å². The number of urea groups is 1. The van der Waals surface area contributed by atoms with E-state index in [-0.39, 0.29) is 5.91 Å². The van der Waals surface area contributed by atoms with E-state index < -0.39 is 17.8 Å². The van der Waals surface area contributed by atoms with Crippen molar-refractivity contribution in [2.75, 3.05) is 41.0 Å². The lowest BCUT2D eigenvalue weighted by molar-refractivity contribution is 0.0600. The molecule has 4 rings (SSSR count). The molecule has 3 aromatic carbocycles. The van der Waals surface area contributed by atoms with Crippen LogP contribution in [0.5, 0.6) is 0 Å². The zero-order valence-corrected chi connectivity index (χ0v) is 19.1. The first kappa shape index (κ1) is 23.7. The Morgan fingerprint density at radius 3 is 2.09 bits per heavy atom. The molecule has 1 aliphatic heterocycles.